The lowest BCUT2D eigenvalue weighted by Crippen LogP contribution is -2.39. The third-order valence-electron chi connectivity index (χ3n) is 5.20. The van der Waals surface area contributed by atoms with Crippen molar-refractivity contribution in [3.05, 3.63) is 29.3 Å². The summed E-state index contributed by atoms with van der Waals surface area (Å²) in [4.78, 5) is 26.1. The molecular formula is C19H28ClN3O2. The van der Waals surface area contributed by atoms with Crippen LogP contribution in [0.15, 0.2) is 18.2 Å². The fraction of sp³-hybridized carbons (Fsp3) is 0.579. The van der Waals surface area contributed by atoms with E-state index in [-0.39, 0.29) is 24.2 Å². The van der Waals surface area contributed by atoms with Gasteiger partial charge < -0.3 is 15.5 Å². The number of anilines is 1. The highest BCUT2D eigenvalue weighted by atomic mass is 35.5. The van der Waals surface area contributed by atoms with Crippen molar-refractivity contribution >= 4 is 29.9 Å². The van der Waals surface area contributed by atoms with Gasteiger partial charge in [0, 0.05) is 43.9 Å². The monoisotopic (exact) mass is 365 g/mol. The first-order valence-electron chi connectivity index (χ1n) is 8.80. The van der Waals surface area contributed by atoms with Gasteiger partial charge in [-0.2, -0.15) is 0 Å². The second-order valence-electron chi connectivity index (χ2n) is 7.46. The lowest BCUT2D eigenvalue weighted by atomic mass is 9.89. The van der Waals surface area contributed by atoms with Gasteiger partial charge in [0.05, 0.1) is 0 Å². The lowest BCUT2D eigenvalue weighted by molar-refractivity contribution is -0.117. The maximum atomic E-state index is 12.4. The molecule has 2 aliphatic rings. The lowest BCUT2D eigenvalue weighted by Gasteiger charge is -2.28. The number of aryl methyl sites for hydroxylation is 1. The molecule has 25 heavy (non-hydrogen) atoms. The maximum Gasteiger partial charge on any atom is 0.253 e. The average Bonchev–Trinajstić information content (AvgIpc) is 2.87. The van der Waals surface area contributed by atoms with Gasteiger partial charge in [-0.25, -0.2) is 0 Å². The van der Waals surface area contributed by atoms with Gasteiger partial charge in [0.1, 0.15) is 0 Å². The highest BCUT2D eigenvalue weighted by Crippen LogP contribution is 2.32. The molecule has 2 bridgehead atoms. The molecule has 5 nitrogen and oxygen atoms in total. The summed E-state index contributed by atoms with van der Waals surface area (Å²) in [7, 11) is 3.47. The quantitative estimate of drug-likeness (QED) is 0.862. The van der Waals surface area contributed by atoms with Gasteiger partial charge in [-0.15, -0.1) is 12.4 Å². The predicted octanol–water partition coefficient (Wildman–Crippen LogP) is 2.98. The highest BCUT2D eigenvalue weighted by molar-refractivity contribution is 5.98. The van der Waals surface area contributed by atoms with Crippen molar-refractivity contribution in [3.63, 3.8) is 0 Å². The van der Waals surface area contributed by atoms with Gasteiger partial charge in [-0.1, -0.05) is 6.07 Å². The minimum Gasteiger partial charge on any atom is -0.345 e. The molecule has 3 rings (SSSR count). The minimum atomic E-state index is -0.0430. The number of fused-ring (bicyclic) bond motifs is 2. The molecule has 2 unspecified atom stereocenters. The minimum absolute atomic E-state index is 0. The number of carbonyl (C=O) groups is 2. The van der Waals surface area contributed by atoms with Gasteiger partial charge in [-0.3, -0.25) is 9.59 Å². The molecule has 2 aliphatic heterocycles. The van der Waals surface area contributed by atoms with Crippen LogP contribution in [-0.4, -0.2) is 42.9 Å². The number of amides is 2. The molecule has 2 fully saturated rings. The van der Waals surface area contributed by atoms with Gasteiger partial charge >= 0.3 is 0 Å². The number of hydrogen-bond donors (Lipinski definition) is 2. The van der Waals surface area contributed by atoms with E-state index in [2.05, 4.69) is 10.6 Å². The average molecular weight is 366 g/mol. The molecule has 2 atom stereocenters. The number of piperidine rings is 1. The standard InChI is InChI=1S/C19H27N3O2.ClH/c1-12-4-5-16(11-17(12)19(24)22(2)3)21-18(23)10-13-8-14-6-7-15(9-13)20-14;/h4-5,11,13-15,20H,6-10H2,1-3H3,(H,21,23);1H. The Bertz CT molecular complexity index is 636. The number of carbonyl (C=O) groups excluding carboxylic acids is 2. The van der Waals surface area contributed by atoms with Crippen molar-refractivity contribution < 1.29 is 9.59 Å². The van der Waals surface area contributed by atoms with Crippen molar-refractivity contribution in [1.82, 2.24) is 10.2 Å². The summed E-state index contributed by atoms with van der Waals surface area (Å²) in [6.45, 7) is 1.91. The van der Waals surface area contributed by atoms with Gasteiger partial charge in [-0.05, 0) is 56.2 Å². The second-order valence-corrected chi connectivity index (χ2v) is 7.46. The van der Waals surface area contributed by atoms with Crippen molar-refractivity contribution in [2.75, 3.05) is 19.4 Å². The smallest absolute Gasteiger partial charge is 0.253 e. The number of nitrogens with zero attached hydrogens (tertiary/aromatic N) is 1. The van der Waals surface area contributed by atoms with E-state index in [1.54, 1.807) is 25.1 Å². The number of rotatable bonds is 4. The molecule has 2 amide bonds. The van der Waals surface area contributed by atoms with Crippen LogP contribution in [-0.2, 0) is 4.79 Å². The van der Waals surface area contributed by atoms with Gasteiger partial charge in [0.25, 0.3) is 5.91 Å². The number of benzene rings is 1. The Hall–Kier alpha value is -1.59. The topological polar surface area (TPSA) is 61.4 Å². The number of halogens is 1. The van der Waals surface area contributed by atoms with E-state index in [4.69, 9.17) is 0 Å². The number of nitrogens with one attached hydrogen (secondary N) is 2. The Balaban J connectivity index is 0.00000225. The summed E-state index contributed by atoms with van der Waals surface area (Å²) in [6.07, 6.45) is 5.26. The van der Waals surface area contributed by atoms with Crippen LogP contribution in [0, 0.1) is 12.8 Å². The molecule has 0 aliphatic carbocycles. The van der Waals surface area contributed by atoms with E-state index in [9.17, 15) is 9.59 Å². The van der Waals surface area contributed by atoms with Crippen LogP contribution in [0.2, 0.25) is 0 Å². The summed E-state index contributed by atoms with van der Waals surface area (Å²) in [5.74, 6) is 0.476. The van der Waals surface area contributed by atoms with Crippen LogP contribution < -0.4 is 10.6 Å². The first-order valence-corrected chi connectivity index (χ1v) is 8.80. The zero-order valence-electron chi connectivity index (χ0n) is 15.2. The fourth-order valence-corrected chi connectivity index (χ4v) is 3.99. The second kappa shape index (κ2) is 8.19. The highest BCUT2D eigenvalue weighted by Gasteiger charge is 2.34. The Kier molecular flexibility index (Phi) is 6.47. The molecule has 1 aromatic carbocycles. The summed E-state index contributed by atoms with van der Waals surface area (Å²) in [6, 6.07) is 6.74. The fourth-order valence-electron chi connectivity index (χ4n) is 3.99. The zero-order chi connectivity index (χ0) is 17.3. The van der Waals surface area contributed by atoms with E-state index in [0.717, 1.165) is 18.4 Å². The largest absolute Gasteiger partial charge is 0.345 e. The molecule has 2 heterocycles. The maximum absolute atomic E-state index is 12.4. The SMILES string of the molecule is Cc1ccc(NC(=O)CC2CC3CCC(C2)N3)cc1C(=O)N(C)C.Cl. The summed E-state index contributed by atoms with van der Waals surface area (Å²) < 4.78 is 0. The Labute approximate surface area is 155 Å². The van der Waals surface area contributed by atoms with Crippen molar-refractivity contribution in [2.24, 2.45) is 5.92 Å². The molecule has 6 heteroatoms. The van der Waals surface area contributed by atoms with Crippen LogP contribution in [0.1, 0.15) is 48.0 Å². The van der Waals surface area contributed by atoms with E-state index >= 15 is 0 Å². The third kappa shape index (κ3) is 4.73. The van der Waals surface area contributed by atoms with Crippen molar-refractivity contribution in [1.29, 1.82) is 0 Å². The molecule has 2 saturated heterocycles. The normalized spacial score (nSPS) is 24.4. The molecule has 1 aromatic rings. The third-order valence-corrected chi connectivity index (χ3v) is 5.20. The Morgan fingerprint density at radius 2 is 1.84 bits per heavy atom. The first kappa shape index (κ1) is 19.7. The summed E-state index contributed by atoms with van der Waals surface area (Å²) in [5.41, 5.74) is 2.26. The molecule has 0 radical (unpaired) electrons. The van der Waals surface area contributed by atoms with Crippen LogP contribution in [0.5, 0.6) is 0 Å². The summed E-state index contributed by atoms with van der Waals surface area (Å²) in [5, 5.41) is 6.58. The Morgan fingerprint density at radius 1 is 1.20 bits per heavy atom. The Morgan fingerprint density at radius 3 is 2.44 bits per heavy atom. The number of hydrogen-bond acceptors (Lipinski definition) is 3. The molecule has 0 aromatic heterocycles. The van der Waals surface area contributed by atoms with Crippen molar-refractivity contribution in [3.8, 4) is 0 Å². The van der Waals surface area contributed by atoms with E-state index in [1.807, 2.05) is 19.1 Å². The van der Waals surface area contributed by atoms with Crippen LogP contribution in [0.4, 0.5) is 5.69 Å². The molecule has 0 spiro atoms. The van der Waals surface area contributed by atoms with Crippen molar-refractivity contribution in [2.45, 2.75) is 51.1 Å². The molecule has 2 N–H and O–H groups in total. The molecular weight excluding hydrogens is 338 g/mol. The zero-order valence-corrected chi connectivity index (χ0v) is 16.0. The first-order chi connectivity index (χ1) is 11.4. The van der Waals surface area contributed by atoms with E-state index in [0.29, 0.717) is 35.7 Å². The van der Waals surface area contributed by atoms with E-state index < -0.39 is 0 Å². The molecule has 138 valence electrons. The van der Waals surface area contributed by atoms with Gasteiger partial charge in [0.2, 0.25) is 5.91 Å². The van der Waals surface area contributed by atoms with Crippen LogP contribution in [0.25, 0.3) is 0 Å². The van der Waals surface area contributed by atoms with Gasteiger partial charge in [0.15, 0.2) is 0 Å². The summed E-state index contributed by atoms with van der Waals surface area (Å²) >= 11 is 0. The van der Waals surface area contributed by atoms with Crippen LogP contribution >= 0.6 is 12.4 Å². The van der Waals surface area contributed by atoms with E-state index in [1.165, 1.54) is 12.8 Å². The van der Waals surface area contributed by atoms with Crippen LogP contribution in [0.3, 0.4) is 0 Å². The predicted molar refractivity (Wildman–Crippen MR) is 102 cm³/mol. The molecule has 0 saturated carbocycles.